The van der Waals surface area contributed by atoms with Gasteiger partial charge in [0.1, 0.15) is 0 Å². The van der Waals surface area contributed by atoms with E-state index < -0.39 is 5.60 Å². The zero-order valence-electron chi connectivity index (χ0n) is 7.56. The van der Waals surface area contributed by atoms with Crippen LogP contribution in [0.25, 0.3) is 0 Å². The Balaban J connectivity index is 2.42. The van der Waals surface area contributed by atoms with E-state index in [2.05, 4.69) is 19.2 Å². The molecule has 0 amide bonds. The van der Waals surface area contributed by atoms with E-state index in [4.69, 9.17) is 0 Å². The molecule has 11 heavy (non-hydrogen) atoms. The quantitative estimate of drug-likeness (QED) is 0.644. The second-order valence-electron chi connectivity index (χ2n) is 3.72. The third kappa shape index (κ3) is 1.94. The minimum atomic E-state index is -0.407. The van der Waals surface area contributed by atoms with E-state index in [1.807, 2.05) is 0 Å². The molecular formula is C9H19NO. The highest BCUT2D eigenvalue weighted by atomic mass is 16.3. The highest BCUT2D eigenvalue weighted by molar-refractivity contribution is 4.91. The lowest BCUT2D eigenvalue weighted by atomic mass is 9.85. The molecule has 0 radical (unpaired) electrons. The van der Waals surface area contributed by atoms with Gasteiger partial charge in [-0.2, -0.15) is 0 Å². The lowest BCUT2D eigenvalue weighted by Gasteiger charge is -2.28. The summed E-state index contributed by atoms with van der Waals surface area (Å²) >= 11 is 0. The standard InChI is InChI=1S/C9H19NO/c1-3-4-8(2)9(11)5-6-10-7-9/h8,10-11H,3-7H2,1-2H3. The smallest absolute Gasteiger partial charge is 0.0808 e. The first-order chi connectivity index (χ1) is 5.19. The monoisotopic (exact) mass is 157 g/mol. The Hall–Kier alpha value is -0.0800. The van der Waals surface area contributed by atoms with Gasteiger partial charge in [-0.25, -0.2) is 0 Å². The van der Waals surface area contributed by atoms with E-state index >= 15 is 0 Å². The van der Waals surface area contributed by atoms with Crippen LogP contribution in [-0.2, 0) is 0 Å². The summed E-state index contributed by atoms with van der Waals surface area (Å²) in [7, 11) is 0. The van der Waals surface area contributed by atoms with Gasteiger partial charge < -0.3 is 10.4 Å². The largest absolute Gasteiger partial charge is 0.388 e. The number of β-amino-alcohol motifs (C(OH)–C–C–N with tert-alkyl or cyclic N) is 1. The minimum Gasteiger partial charge on any atom is -0.388 e. The SMILES string of the molecule is CCCC(C)C1(O)CCNC1. The summed E-state index contributed by atoms with van der Waals surface area (Å²) in [6.45, 7) is 6.08. The molecule has 0 aromatic rings. The lowest BCUT2D eigenvalue weighted by Crippen LogP contribution is -2.38. The summed E-state index contributed by atoms with van der Waals surface area (Å²) in [5.74, 6) is 0.447. The van der Waals surface area contributed by atoms with Crippen molar-refractivity contribution in [1.82, 2.24) is 5.32 Å². The maximum atomic E-state index is 10.0. The van der Waals surface area contributed by atoms with E-state index in [9.17, 15) is 5.11 Å². The Bertz CT molecular complexity index is 119. The zero-order chi connectivity index (χ0) is 8.32. The van der Waals surface area contributed by atoms with E-state index in [0.717, 1.165) is 25.9 Å². The predicted octanol–water partition coefficient (Wildman–Crippen LogP) is 1.15. The van der Waals surface area contributed by atoms with Crippen molar-refractivity contribution in [2.75, 3.05) is 13.1 Å². The number of rotatable bonds is 3. The normalized spacial score (nSPS) is 34.1. The molecule has 2 nitrogen and oxygen atoms in total. The van der Waals surface area contributed by atoms with Gasteiger partial charge in [-0.3, -0.25) is 0 Å². The maximum Gasteiger partial charge on any atom is 0.0808 e. The molecule has 1 heterocycles. The van der Waals surface area contributed by atoms with Crippen LogP contribution in [0.15, 0.2) is 0 Å². The number of hydrogen-bond donors (Lipinski definition) is 2. The Morgan fingerprint density at radius 1 is 1.64 bits per heavy atom. The molecule has 1 fully saturated rings. The summed E-state index contributed by atoms with van der Waals surface area (Å²) < 4.78 is 0. The van der Waals surface area contributed by atoms with Crippen molar-refractivity contribution in [2.24, 2.45) is 5.92 Å². The molecule has 1 aliphatic rings. The topological polar surface area (TPSA) is 32.3 Å². The van der Waals surface area contributed by atoms with Gasteiger partial charge in [-0.15, -0.1) is 0 Å². The molecule has 2 heteroatoms. The molecule has 2 unspecified atom stereocenters. The molecular weight excluding hydrogens is 138 g/mol. The first kappa shape index (κ1) is 9.01. The van der Waals surface area contributed by atoms with Gasteiger partial charge >= 0.3 is 0 Å². The Morgan fingerprint density at radius 2 is 2.36 bits per heavy atom. The van der Waals surface area contributed by atoms with Gasteiger partial charge in [-0.1, -0.05) is 20.3 Å². The Kier molecular flexibility index (Phi) is 2.90. The minimum absolute atomic E-state index is 0.407. The van der Waals surface area contributed by atoms with E-state index in [1.165, 1.54) is 6.42 Å². The zero-order valence-corrected chi connectivity index (χ0v) is 7.56. The number of nitrogens with one attached hydrogen (secondary N) is 1. The highest BCUT2D eigenvalue weighted by Gasteiger charge is 2.35. The van der Waals surface area contributed by atoms with Crippen LogP contribution in [0.1, 0.15) is 33.1 Å². The van der Waals surface area contributed by atoms with Crippen LogP contribution in [-0.4, -0.2) is 23.8 Å². The summed E-state index contributed by atoms with van der Waals surface area (Å²) in [5, 5.41) is 13.2. The molecule has 0 aliphatic carbocycles. The first-order valence-electron chi connectivity index (χ1n) is 4.62. The van der Waals surface area contributed by atoms with Crippen molar-refractivity contribution < 1.29 is 5.11 Å². The van der Waals surface area contributed by atoms with Crippen LogP contribution < -0.4 is 5.32 Å². The summed E-state index contributed by atoms with van der Waals surface area (Å²) in [6, 6.07) is 0. The maximum absolute atomic E-state index is 10.0. The molecule has 0 aromatic heterocycles. The van der Waals surface area contributed by atoms with Gasteiger partial charge in [0, 0.05) is 6.54 Å². The lowest BCUT2D eigenvalue weighted by molar-refractivity contribution is 0.00407. The van der Waals surface area contributed by atoms with Crippen LogP contribution in [0.3, 0.4) is 0 Å². The van der Waals surface area contributed by atoms with E-state index in [-0.39, 0.29) is 0 Å². The molecule has 66 valence electrons. The number of aliphatic hydroxyl groups is 1. The van der Waals surface area contributed by atoms with Crippen molar-refractivity contribution in [2.45, 2.75) is 38.7 Å². The second kappa shape index (κ2) is 3.55. The fourth-order valence-electron chi connectivity index (χ4n) is 1.82. The summed E-state index contributed by atoms with van der Waals surface area (Å²) in [5.41, 5.74) is -0.407. The molecule has 0 spiro atoms. The average molecular weight is 157 g/mol. The Morgan fingerprint density at radius 3 is 2.82 bits per heavy atom. The van der Waals surface area contributed by atoms with Gasteiger partial charge in [0.05, 0.1) is 5.60 Å². The van der Waals surface area contributed by atoms with Gasteiger partial charge in [-0.05, 0) is 25.3 Å². The third-order valence-corrected chi connectivity index (χ3v) is 2.80. The van der Waals surface area contributed by atoms with Crippen molar-refractivity contribution >= 4 is 0 Å². The third-order valence-electron chi connectivity index (χ3n) is 2.80. The highest BCUT2D eigenvalue weighted by Crippen LogP contribution is 2.27. The van der Waals surface area contributed by atoms with Crippen molar-refractivity contribution in [1.29, 1.82) is 0 Å². The van der Waals surface area contributed by atoms with E-state index in [1.54, 1.807) is 0 Å². The molecule has 0 aromatic carbocycles. The fourth-order valence-corrected chi connectivity index (χ4v) is 1.82. The summed E-state index contributed by atoms with van der Waals surface area (Å²) in [6.07, 6.45) is 3.23. The van der Waals surface area contributed by atoms with Crippen molar-refractivity contribution in [3.8, 4) is 0 Å². The molecule has 1 saturated heterocycles. The van der Waals surface area contributed by atoms with Gasteiger partial charge in [0.2, 0.25) is 0 Å². The number of hydrogen-bond acceptors (Lipinski definition) is 2. The van der Waals surface area contributed by atoms with Crippen LogP contribution in [0.4, 0.5) is 0 Å². The molecule has 2 atom stereocenters. The van der Waals surface area contributed by atoms with Crippen molar-refractivity contribution in [3.05, 3.63) is 0 Å². The fraction of sp³-hybridized carbons (Fsp3) is 1.00. The predicted molar refractivity (Wildman–Crippen MR) is 46.5 cm³/mol. The molecule has 1 rings (SSSR count). The van der Waals surface area contributed by atoms with Crippen molar-refractivity contribution in [3.63, 3.8) is 0 Å². The first-order valence-corrected chi connectivity index (χ1v) is 4.62. The van der Waals surface area contributed by atoms with Gasteiger partial charge in [0.15, 0.2) is 0 Å². The average Bonchev–Trinajstić information content (AvgIpc) is 2.38. The van der Waals surface area contributed by atoms with Gasteiger partial charge in [0.25, 0.3) is 0 Å². The molecule has 2 N–H and O–H groups in total. The van der Waals surface area contributed by atoms with Crippen LogP contribution in [0.2, 0.25) is 0 Å². The van der Waals surface area contributed by atoms with Crippen LogP contribution in [0.5, 0.6) is 0 Å². The Labute approximate surface area is 69.0 Å². The van der Waals surface area contributed by atoms with E-state index in [0.29, 0.717) is 5.92 Å². The van der Waals surface area contributed by atoms with Crippen LogP contribution >= 0.6 is 0 Å². The molecule has 1 aliphatic heterocycles. The molecule has 0 saturated carbocycles. The summed E-state index contributed by atoms with van der Waals surface area (Å²) in [4.78, 5) is 0. The molecule has 0 bridgehead atoms. The second-order valence-corrected chi connectivity index (χ2v) is 3.72. The van der Waals surface area contributed by atoms with Crippen LogP contribution in [0, 0.1) is 5.92 Å².